The minimum atomic E-state index is -0.924. The molecule has 1 aliphatic rings. The molecule has 0 spiro atoms. The summed E-state index contributed by atoms with van der Waals surface area (Å²) in [4.78, 5) is 2.25. The number of piperidine rings is 1. The predicted molar refractivity (Wildman–Crippen MR) is 136 cm³/mol. The normalized spacial score (nSPS) is 18.4. The Morgan fingerprint density at radius 3 is 2.80 bits per heavy atom. The quantitative estimate of drug-likeness (QED) is 0.385. The number of nitrogens with zero attached hydrogens (tertiary/aromatic N) is 3. The Hall–Kier alpha value is -2.74. The summed E-state index contributed by atoms with van der Waals surface area (Å²) < 4.78 is 19.4. The molecule has 1 fully saturated rings. The molecule has 0 amide bonds. The second kappa shape index (κ2) is 11.8. The van der Waals surface area contributed by atoms with Crippen LogP contribution >= 0.6 is 11.6 Å². The van der Waals surface area contributed by atoms with Crippen LogP contribution in [-0.4, -0.2) is 58.8 Å². The van der Waals surface area contributed by atoms with Crippen molar-refractivity contribution in [3.8, 4) is 17.2 Å². The number of hydrogen-bond donors (Lipinski definition) is 1. The van der Waals surface area contributed by atoms with Gasteiger partial charge in [0.1, 0.15) is 18.0 Å². The molecule has 0 radical (unpaired) electrons. The van der Waals surface area contributed by atoms with E-state index in [9.17, 15) is 5.11 Å². The lowest BCUT2D eigenvalue weighted by Gasteiger charge is -2.39. The van der Waals surface area contributed by atoms with Gasteiger partial charge in [-0.05, 0) is 67.8 Å². The number of hydrogen-bond acceptors (Lipinski definition) is 6. The number of benzene rings is 2. The number of methoxy groups -OCH3 is 1. The van der Waals surface area contributed by atoms with E-state index < -0.39 is 5.60 Å². The lowest BCUT2D eigenvalue weighted by Crippen LogP contribution is -2.51. The number of likely N-dealkylation sites (tertiary alicyclic amines) is 1. The van der Waals surface area contributed by atoms with Crippen LogP contribution < -0.4 is 14.2 Å². The Bertz CT molecular complexity index is 1090. The van der Waals surface area contributed by atoms with Crippen molar-refractivity contribution in [2.24, 2.45) is 0 Å². The monoisotopic (exact) mass is 499 g/mol. The van der Waals surface area contributed by atoms with Crippen molar-refractivity contribution in [2.75, 3.05) is 33.4 Å². The van der Waals surface area contributed by atoms with Crippen LogP contribution in [0.1, 0.15) is 30.4 Å². The molecule has 1 atom stereocenters. The molecule has 1 saturated heterocycles. The maximum Gasteiger partial charge on any atom is 0.161 e. The number of aromatic nitrogens is 2. The van der Waals surface area contributed by atoms with Crippen LogP contribution in [0.3, 0.4) is 0 Å². The van der Waals surface area contributed by atoms with Crippen molar-refractivity contribution in [1.82, 2.24) is 14.7 Å². The largest absolute Gasteiger partial charge is 0.493 e. The summed E-state index contributed by atoms with van der Waals surface area (Å²) in [6, 6.07) is 13.6. The van der Waals surface area contributed by atoms with Gasteiger partial charge in [-0.1, -0.05) is 23.7 Å². The molecular weight excluding hydrogens is 466 g/mol. The van der Waals surface area contributed by atoms with E-state index in [2.05, 4.69) is 16.1 Å². The van der Waals surface area contributed by atoms with E-state index in [0.717, 1.165) is 42.8 Å². The first-order valence-electron chi connectivity index (χ1n) is 12.0. The lowest BCUT2D eigenvalue weighted by atomic mass is 9.93. The highest BCUT2D eigenvalue weighted by molar-refractivity contribution is 6.32. The Labute approximate surface area is 212 Å². The fraction of sp³-hybridized carbons (Fsp3) is 0.444. The van der Waals surface area contributed by atoms with Crippen molar-refractivity contribution in [3.05, 3.63) is 71.0 Å². The van der Waals surface area contributed by atoms with E-state index in [0.29, 0.717) is 42.6 Å². The molecule has 3 aromatic rings. The minimum Gasteiger partial charge on any atom is -0.493 e. The highest BCUT2D eigenvalue weighted by Gasteiger charge is 2.34. The van der Waals surface area contributed by atoms with Crippen LogP contribution in [0.25, 0.3) is 0 Å². The van der Waals surface area contributed by atoms with E-state index in [1.165, 1.54) is 0 Å². The molecule has 0 saturated carbocycles. The van der Waals surface area contributed by atoms with E-state index in [4.69, 9.17) is 25.8 Å². The molecule has 8 heteroatoms. The molecule has 1 N–H and O–H groups in total. The van der Waals surface area contributed by atoms with E-state index in [-0.39, 0.29) is 6.61 Å². The summed E-state index contributed by atoms with van der Waals surface area (Å²) >= 11 is 6.26. The summed E-state index contributed by atoms with van der Waals surface area (Å²) in [5, 5.41) is 16.0. The summed E-state index contributed by atoms with van der Waals surface area (Å²) in [5.74, 6) is 2.06. The molecule has 4 rings (SSSR count). The van der Waals surface area contributed by atoms with Crippen LogP contribution in [-0.2, 0) is 13.1 Å². The number of rotatable bonds is 11. The first kappa shape index (κ1) is 25.4. The molecule has 1 aliphatic heterocycles. The van der Waals surface area contributed by atoms with Gasteiger partial charge in [-0.15, -0.1) is 0 Å². The third-order valence-corrected chi connectivity index (χ3v) is 6.51. The van der Waals surface area contributed by atoms with Crippen LogP contribution in [0, 0.1) is 6.92 Å². The van der Waals surface area contributed by atoms with Crippen LogP contribution in [0.4, 0.5) is 0 Å². The van der Waals surface area contributed by atoms with Crippen molar-refractivity contribution in [1.29, 1.82) is 0 Å². The van der Waals surface area contributed by atoms with Crippen molar-refractivity contribution in [3.63, 3.8) is 0 Å². The molecule has 0 aliphatic carbocycles. The Balaban J connectivity index is 1.30. The molecular formula is C27H34ClN3O4. The van der Waals surface area contributed by atoms with E-state index in [1.807, 2.05) is 54.2 Å². The zero-order chi connectivity index (χ0) is 24.7. The number of ether oxygens (including phenoxy) is 3. The topological polar surface area (TPSA) is 69.0 Å². The van der Waals surface area contributed by atoms with Gasteiger partial charge in [0.2, 0.25) is 0 Å². The summed E-state index contributed by atoms with van der Waals surface area (Å²) in [6.07, 6.45) is 6.17. The minimum absolute atomic E-state index is 0.210. The van der Waals surface area contributed by atoms with Crippen LogP contribution in [0.2, 0.25) is 5.02 Å². The van der Waals surface area contributed by atoms with Crippen molar-refractivity contribution >= 4 is 11.6 Å². The van der Waals surface area contributed by atoms with E-state index >= 15 is 0 Å². The van der Waals surface area contributed by atoms with Gasteiger partial charge in [0, 0.05) is 38.4 Å². The second-order valence-electron chi connectivity index (χ2n) is 9.22. The zero-order valence-electron chi connectivity index (χ0n) is 20.5. The molecule has 7 nitrogen and oxygen atoms in total. The van der Waals surface area contributed by atoms with Crippen molar-refractivity contribution < 1.29 is 19.3 Å². The highest BCUT2D eigenvalue weighted by atomic mass is 35.5. The average molecular weight is 500 g/mol. The number of aryl methyl sites for hydroxylation is 2. The van der Waals surface area contributed by atoms with Gasteiger partial charge in [-0.2, -0.15) is 5.10 Å². The highest BCUT2D eigenvalue weighted by Crippen LogP contribution is 2.31. The molecule has 0 bridgehead atoms. The number of halogens is 1. The van der Waals surface area contributed by atoms with Crippen LogP contribution in [0.15, 0.2) is 54.9 Å². The zero-order valence-corrected chi connectivity index (χ0v) is 21.2. The SMILES string of the molecule is COc1cc(CN2CCC[C@](O)(COc3cc(C)ccc3Cl)C2)ccc1OCCCn1cccn1. The van der Waals surface area contributed by atoms with Gasteiger partial charge in [0.05, 0.1) is 18.7 Å². The molecule has 35 heavy (non-hydrogen) atoms. The maximum atomic E-state index is 11.2. The molecule has 2 heterocycles. The Morgan fingerprint density at radius 1 is 1.11 bits per heavy atom. The van der Waals surface area contributed by atoms with Crippen LogP contribution in [0.5, 0.6) is 17.2 Å². The first-order chi connectivity index (χ1) is 16.9. The van der Waals surface area contributed by atoms with Gasteiger partial charge in [-0.3, -0.25) is 9.58 Å². The molecule has 0 unspecified atom stereocenters. The molecule has 188 valence electrons. The van der Waals surface area contributed by atoms with Gasteiger partial charge < -0.3 is 19.3 Å². The fourth-order valence-electron chi connectivity index (χ4n) is 4.42. The first-order valence-corrected chi connectivity index (χ1v) is 12.4. The summed E-state index contributed by atoms with van der Waals surface area (Å²) in [7, 11) is 1.66. The van der Waals surface area contributed by atoms with Gasteiger partial charge in [0.25, 0.3) is 0 Å². The third-order valence-electron chi connectivity index (χ3n) is 6.20. The van der Waals surface area contributed by atoms with Gasteiger partial charge in [0.15, 0.2) is 11.5 Å². The summed E-state index contributed by atoms with van der Waals surface area (Å²) in [6.45, 7) is 5.76. The Kier molecular flexibility index (Phi) is 8.55. The lowest BCUT2D eigenvalue weighted by molar-refractivity contribution is -0.0621. The third kappa shape index (κ3) is 7.13. The molecule has 1 aromatic heterocycles. The standard InChI is InChI=1S/C27H34ClN3O4/c1-21-6-8-23(28)25(16-21)35-20-27(32)10-3-12-30(19-27)18-22-7-9-24(26(17-22)33-2)34-15-5-14-31-13-4-11-29-31/h4,6-9,11,13,16-17,32H,3,5,10,12,14-15,18-20H2,1-2H3/t27-/m1/s1. The second-order valence-corrected chi connectivity index (χ2v) is 9.62. The van der Waals surface area contributed by atoms with Crippen molar-refractivity contribution in [2.45, 2.75) is 44.9 Å². The van der Waals surface area contributed by atoms with Gasteiger partial charge in [-0.25, -0.2) is 0 Å². The number of β-amino-alcohol motifs (C(OH)–C–C–N with tert-alkyl or cyclic N) is 1. The smallest absolute Gasteiger partial charge is 0.161 e. The predicted octanol–water partition coefficient (Wildman–Crippen LogP) is 4.73. The fourth-order valence-corrected chi connectivity index (χ4v) is 4.59. The van der Waals surface area contributed by atoms with E-state index in [1.54, 1.807) is 13.3 Å². The van der Waals surface area contributed by atoms with Gasteiger partial charge >= 0.3 is 0 Å². The molecule has 2 aromatic carbocycles. The maximum absolute atomic E-state index is 11.2. The number of aliphatic hydroxyl groups is 1. The average Bonchev–Trinajstić information content (AvgIpc) is 3.37. The Morgan fingerprint density at radius 2 is 2.00 bits per heavy atom. The summed E-state index contributed by atoms with van der Waals surface area (Å²) in [5.41, 5.74) is 1.26.